The molecule has 0 spiro atoms. The minimum atomic E-state index is -4.00. The van der Waals surface area contributed by atoms with Gasteiger partial charge in [0, 0.05) is 38.2 Å². The third kappa shape index (κ3) is 7.18. The number of anilines is 1. The van der Waals surface area contributed by atoms with Crippen LogP contribution in [0, 0.1) is 0 Å². The fraction of sp³-hybridized carbons (Fsp3) is 0.286. The van der Waals surface area contributed by atoms with Crippen LogP contribution in [0.2, 0.25) is 0 Å². The zero-order valence-corrected chi connectivity index (χ0v) is 21.7. The number of hydrogen-bond acceptors (Lipinski definition) is 6. The molecule has 1 saturated heterocycles. The molecule has 3 aromatic rings. The summed E-state index contributed by atoms with van der Waals surface area (Å²) in [6, 6.07) is 25.1. The van der Waals surface area contributed by atoms with Gasteiger partial charge in [0.1, 0.15) is 12.3 Å². The van der Waals surface area contributed by atoms with Crippen molar-refractivity contribution in [3.8, 4) is 5.75 Å². The highest BCUT2D eigenvalue weighted by Gasteiger charge is 2.27. The van der Waals surface area contributed by atoms with E-state index in [0.29, 0.717) is 18.0 Å². The molecule has 1 aliphatic heterocycles. The van der Waals surface area contributed by atoms with E-state index in [1.807, 2.05) is 25.1 Å². The van der Waals surface area contributed by atoms with Gasteiger partial charge in [-0.1, -0.05) is 48.5 Å². The summed E-state index contributed by atoms with van der Waals surface area (Å²) in [4.78, 5) is 15.3. The number of likely N-dealkylation sites (tertiary alicyclic amines) is 1. The molecule has 1 N–H and O–H groups in total. The van der Waals surface area contributed by atoms with Crippen molar-refractivity contribution in [2.75, 3.05) is 30.5 Å². The average molecular weight is 521 g/mol. The van der Waals surface area contributed by atoms with Crippen molar-refractivity contribution < 1.29 is 17.9 Å². The van der Waals surface area contributed by atoms with Crippen LogP contribution in [-0.4, -0.2) is 51.2 Å². The van der Waals surface area contributed by atoms with Crippen molar-refractivity contribution in [3.05, 3.63) is 90.5 Å². The number of hydrogen-bond donors (Lipinski definition) is 1. The zero-order chi connectivity index (χ0) is 26.1. The minimum absolute atomic E-state index is 0.0738. The molecule has 1 fully saturated rings. The lowest BCUT2D eigenvalue weighted by molar-refractivity contribution is -0.119. The van der Waals surface area contributed by atoms with Crippen LogP contribution < -0.4 is 14.5 Å². The van der Waals surface area contributed by atoms with Gasteiger partial charge in [0.2, 0.25) is 0 Å². The molecule has 1 aliphatic rings. The normalized spacial score (nSPS) is 14.1. The maximum Gasteiger partial charge on any atom is 0.264 e. The Balaban J connectivity index is 1.40. The summed E-state index contributed by atoms with van der Waals surface area (Å²) in [7, 11) is -4.00. The second-order valence-corrected chi connectivity index (χ2v) is 10.6. The molecule has 0 radical (unpaired) electrons. The Kier molecular flexibility index (Phi) is 8.92. The van der Waals surface area contributed by atoms with E-state index in [1.54, 1.807) is 42.5 Å². The molecule has 37 heavy (non-hydrogen) atoms. The van der Waals surface area contributed by atoms with Crippen molar-refractivity contribution in [2.24, 2.45) is 5.10 Å². The Labute approximate surface area is 218 Å². The van der Waals surface area contributed by atoms with Crippen molar-refractivity contribution in [1.29, 1.82) is 0 Å². The molecule has 4 rings (SSSR count). The predicted octanol–water partition coefficient (Wildman–Crippen LogP) is 4.05. The maximum atomic E-state index is 13.5. The second kappa shape index (κ2) is 12.5. The Hall–Kier alpha value is -3.69. The molecule has 0 bridgehead atoms. The van der Waals surface area contributed by atoms with Gasteiger partial charge < -0.3 is 4.74 Å². The third-order valence-electron chi connectivity index (χ3n) is 6.08. The van der Waals surface area contributed by atoms with Gasteiger partial charge in [-0.2, -0.15) is 5.10 Å². The van der Waals surface area contributed by atoms with Crippen LogP contribution in [0.25, 0.3) is 0 Å². The Bertz CT molecular complexity index is 1290. The zero-order valence-electron chi connectivity index (χ0n) is 20.9. The molecule has 8 nitrogen and oxygen atoms in total. The molecule has 0 atom stereocenters. The highest BCUT2D eigenvalue weighted by atomic mass is 32.2. The first-order chi connectivity index (χ1) is 18.0. The third-order valence-corrected chi connectivity index (χ3v) is 7.86. The predicted molar refractivity (Wildman–Crippen MR) is 145 cm³/mol. The summed E-state index contributed by atoms with van der Waals surface area (Å²) in [6.45, 7) is 4.54. The van der Waals surface area contributed by atoms with E-state index in [-0.39, 0.29) is 4.90 Å². The lowest BCUT2D eigenvalue weighted by atomic mass is 10.1. The van der Waals surface area contributed by atoms with Crippen molar-refractivity contribution in [1.82, 2.24) is 10.3 Å². The highest BCUT2D eigenvalue weighted by Crippen LogP contribution is 2.25. The first-order valence-electron chi connectivity index (χ1n) is 12.4. The Morgan fingerprint density at radius 2 is 1.57 bits per heavy atom. The van der Waals surface area contributed by atoms with Crippen LogP contribution in [-0.2, 0) is 21.4 Å². The largest absolute Gasteiger partial charge is 0.494 e. The van der Waals surface area contributed by atoms with E-state index < -0.39 is 22.5 Å². The number of sulfonamides is 1. The molecule has 3 aromatic carbocycles. The Morgan fingerprint density at radius 3 is 2.19 bits per heavy atom. The summed E-state index contributed by atoms with van der Waals surface area (Å²) in [5.74, 6) is 0.0775. The number of rotatable bonds is 10. The van der Waals surface area contributed by atoms with E-state index in [1.165, 1.54) is 17.7 Å². The van der Waals surface area contributed by atoms with Crippen molar-refractivity contribution in [2.45, 2.75) is 31.2 Å². The van der Waals surface area contributed by atoms with E-state index in [9.17, 15) is 13.2 Å². The first-order valence-corrected chi connectivity index (χ1v) is 13.8. The smallest absolute Gasteiger partial charge is 0.264 e. The van der Waals surface area contributed by atoms with Crippen LogP contribution in [0.4, 0.5) is 5.69 Å². The average Bonchev–Trinajstić information content (AvgIpc) is 2.93. The number of carbonyl (C=O) groups excluding carboxylic acids is 1. The van der Waals surface area contributed by atoms with E-state index in [4.69, 9.17) is 4.74 Å². The Morgan fingerprint density at radius 1 is 0.946 bits per heavy atom. The van der Waals surface area contributed by atoms with Gasteiger partial charge in [-0.05, 0) is 48.9 Å². The van der Waals surface area contributed by atoms with Gasteiger partial charge in [0.25, 0.3) is 15.9 Å². The SMILES string of the molecule is CCOc1ccc(S(=O)(=O)N(CC(=O)NN=C2CCN(Cc3ccccc3)CC2)c2ccccc2)cc1. The number of nitrogens with zero attached hydrogens (tertiary/aromatic N) is 3. The fourth-order valence-electron chi connectivity index (χ4n) is 4.14. The van der Waals surface area contributed by atoms with Gasteiger partial charge in [-0.15, -0.1) is 0 Å². The van der Waals surface area contributed by atoms with Crippen LogP contribution in [0.1, 0.15) is 25.3 Å². The highest BCUT2D eigenvalue weighted by molar-refractivity contribution is 7.92. The quantitative estimate of drug-likeness (QED) is 0.407. The van der Waals surface area contributed by atoms with Gasteiger partial charge in [-0.25, -0.2) is 13.8 Å². The number of amides is 1. The molecular formula is C28H32N4O4S. The lowest BCUT2D eigenvalue weighted by Gasteiger charge is -2.27. The van der Waals surface area contributed by atoms with Gasteiger partial charge in [0.15, 0.2) is 0 Å². The van der Waals surface area contributed by atoms with Crippen LogP contribution in [0.15, 0.2) is 94.9 Å². The second-order valence-electron chi connectivity index (χ2n) is 8.73. The maximum absolute atomic E-state index is 13.5. The standard InChI is InChI=1S/C28H32N4O4S/c1-2-36-26-13-15-27(16-14-26)37(34,35)32(25-11-7-4-8-12-25)22-28(33)30-29-24-17-19-31(20-18-24)21-23-9-5-3-6-10-23/h3-16H,2,17-22H2,1H3,(H,30,33). The number of ether oxygens (including phenoxy) is 1. The van der Waals surface area contributed by atoms with E-state index >= 15 is 0 Å². The molecule has 0 aliphatic carbocycles. The number of carbonyl (C=O) groups is 1. The van der Waals surface area contributed by atoms with Crippen LogP contribution in [0.3, 0.4) is 0 Å². The topological polar surface area (TPSA) is 91.3 Å². The molecule has 0 unspecified atom stereocenters. The summed E-state index contributed by atoms with van der Waals surface area (Å²) >= 11 is 0. The number of piperidine rings is 1. The summed E-state index contributed by atoms with van der Waals surface area (Å²) in [6.07, 6.45) is 1.50. The van der Waals surface area contributed by atoms with E-state index in [0.717, 1.165) is 42.5 Å². The molecule has 1 heterocycles. The monoisotopic (exact) mass is 520 g/mol. The number of hydrazone groups is 1. The molecular weight excluding hydrogens is 488 g/mol. The fourth-order valence-corrected chi connectivity index (χ4v) is 5.56. The first kappa shape index (κ1) is 26.4. The van der Waals surface area contributed by atoms with Crippen molar-refractivity contribution >= 4 is 27.3 Å². The van der Waals surface area contributed by atoms with Gasteiger partial charge in [0.05, 0.1) is 17.2 Å². The van der Waals surface area contributed by atoms with Gasteiger partial charge in [-0.3, -0.25) is 14.0 Å². The van der Waals surface area contributed by atoms with E-state index in [2.05, 4.69) is 27.6 Å². The number of benzene rings is 3. The molecule has 9 heteroatoms. The van der Waals surface area contributed by atoms with Gasteiger partial charge >= 0.3 is 0 Å². The molecule has 1 amide bonds. The van der Waals surface area contributed by atoms with Crippen LogP contribution >= 0.6 is 0 Å². The number of para-hydroxylation sites is 1. The molecule has 194 valence electrons. The molecule has 0 aromatic heterocycles. The minimum Gasteiger partial charge on any atom is -0.494 e. The summed E-state index contributed by atoms with van der Waals surface area (Å²) in [5.41, 5.74) is 5.14. The molecule has 0 saturated carbocycles. The summed E-state index contributed by atoms with van der Waals surface area (Å²) in [5, 5.41) is 4.31. The van der Waals surface area contributed by atoms with Crippen molar-refractivity contribution in [3.63, 3.8) is 0 Å². The lowest BCUT2D eigenvalue weighted by Crippen LogP contribution is -2.40. The number of nitrogens with one attached hydrogen (secondary N) is 1. The summed E-state index contributed by atoms with van der Waals surface area (Å²) < 4.78 is 33.5. The van der Waals surface area contributed by atoms with Crippen LogP contribution in [0.5, 0.6) is 5.75 Å².